The summed E-state index contributed by atoms with van der Waals surface area (Å²) >= 11 is 0. The van der Waals surface area contributed by atoms with E-state index in [1.807, 2.05) is 24.3 Å². The van der Waals surface area contributed by atoms with E-state index in [1.165, 1.54) is 18.2 Å². The van der Waals surface area contributed by atoms with Crippen molar-refractivity contribution in [2.24, 2.45) is 5.14 Å². The van der Waals surface area contributed by atoms with E-state index in [1.54, 1.807) is 6.08 Å². The van der Waals surface area contributed by atoms with Crippen LogP contribution in [0.4, 0.5) is 10.1 Å². The van der Waals surface area contributed by atoms with Gasteiger partial charge in [0.25, 0.3) is 0 Å². The molecule has 7 nitrogen and oxygen atoms in total. The fourth-order valence-corrected chi connectivity index (χ4v) is 3.46. The number of rotatable bonds is 6. The van der Waals surface area contributed by atoms with Crippen molar-refractivity contribution >= 4 is 27.7 Å². The van der Waals surface area contributed by atoms with E-state index >= 15 is 0 Å². The fraction of sp³-hybridized carbons (Fsp3) is 0.0526. The molecule has 1 amide bonds. The molecule has 1 heterocycles. The highest BCUT2D eigenvalue weighted by Crippen LogP contribution is 2.23. The van der Waals surface area contributed by atoms with Crippen LogP contribution < -0.4 is 10.5 Å². The van der Waals surface area contributed by atoms with Gasteiger partial charge in [-0.15, -0.1) is 0 Å². The molecule has 1 aromatic heterocycles. The van der Waals surface area contributed by atoms with Gasteiger partial charge in [0.15, 0.2) is 5.82 Å². The lowest BCUT2D eigenvalue weighted by Gasteiger charge is -2.12. The molecule has 28 heavy (non-hydrogen) atoms. The minimum Gasteiger partial charge on any atom is -0.326 e. The van der Waals surface area contributed by atoms with Crippen LogP contribution in [0.3, 0.4) is 0 Å². The number of amides is 1. The predicted octanol–water partition coefficient (Wildman–Crippen LogP) is 2.48. The summed E-state index contributed by atoms with van der Waals surface area (Å²) in [5, 5.41) is 11.7. The van der Waals surface area contributed by atoms with Crippen molar-refractivity contribution in [3.63, 3.8) is 0 Å². The lowest BCUT2D eigenvalue weighted by molar-refractivity contribution is -0.115. The van der Waals surface area contributed by atoms with Gasteiger partial charge in [-0.3, -0.25) is 4.79 Å². The number of halogens is 1. The van der Waals surface area contributed by atoms with Gasteiger partial charge < -0.3 is 5.32 Å². The van der Waals surface area contributed by atoms with Crippen molar-refractivity contribution in [1.82, 2.24) is 9.78 Å². The zero-order chi connectivity index (χ0) is 20.3. The Balaban J connectivity index is 1.89. The van der Waals surface area contributed by atoms with Gasteiger partial charge in [0.1, 0.15) is 4.90 Å². The maximum Gasteiger partial charge on any atom is 0.240 e. The van der Waals surface area contributed by atoms with E-state index in [-0.39, 0.29) is 28.6 Å². The molecule has 0 aliphatic heterocycles. The van der Waals surface area contributed by atoms with Gasteiger partial charge in [-0.05, 0) is 29.3 Å². The second-order valence-corrected chi connectivity index (χ2v) is 7.49. The second-order valence-electron chi connectivity index (χ2n) is 5.96. The average Bonchev–Trinajstić information content (AvgIpc) is 3.07. The Kier molecular flexibility index (Phi) is 5.39. The summed E-state index contributed by atoms with van der Waals surface area (Å²) in [6, 6.07) is 11.4. The van der Waals surface area contributed by atoms with Crippen LogP contribution in [0.15, 0.2) is 66.3 Å². The predicted molar refractivity (Wildman–Crippen MR) is 104 cm³/mol. The van der Waals surface area contributed by atoms with Crippen LogP contribution in [0.2, 0.25) is 0 Å². The van der Waals surface area contributed by atoms with Crippen LogP contribution in [0.5, 0.6) is 0 Å². The average molecular weight is 400 g/mol. The highest BCUT2D eigenvalue weighted by molar-refractivity contribution is 7.89. The molecular formula is C19H17FN4O3S. The third-order valence-corrected chi connectivity index (χ3v) is 4.91. The zero-order valence-electron chi connectivity index (χ0n) is 14.7. The Morgan fingerprint density at radius 2 is 2.04 bits per heavy atom. The lowest BCUT2D eigenvalue weighted by atomic mass is 10.0. The van der Waals surface area contributed by atoms with Crippen molar-refractivity contribution in [3.05, 3.63) is 78.4 Å². The first-order valence-corrected chi connectivity index (χ1v) is 9.70. The van der Waals surface area contributed by atoms with Crippen LogP contribution in [-0.4, -0.2) is 24.1 Å². The number of nitrogens with zero attached hydrogens (tertiary/aromatic N) is 2. The standard InChI is InChI=1S/C19H17FN4O3S/c1-2-13-5-3-4-6-14(13)9-19(25)23-16-7-8-17(18(10-16)28(21,26)27)24-12-15(20)11-22-24/h2-8,10-12H,1,9H2,(H,23,25)(H2,21,26,27). The first kappa shape index (κ1) is 19.5. The Morgan fingerprint density at radius 3 is 2.68 bits per heavy atom. The Bertz CT molecular complexity index is 1160. The quantitative estimate of drug-likeness (QED) is 0.663. The summed E-state index contributed by atoms with van der Waals surface area (Å²) in [6.45, 7) is 3.71. The summed E-state index contributed by atoms with van der Waals surface area (Å²) in [6.07, 6.45) is 3.70. The number of benzene rings is 2. The van der Waals surface area contributed by atoms with Gasteiger partial charge in [0, 0.05) is 5.69 Å². The number of aromatic nitrogens is 2. The number of primary sulfonamides is 1. The van der Waals surface area contributed by atoms with E-state index < -0.39 is 15.8 Å². The smallest absolute Gasteiger partial charge is 0.240 e. The van der Waals surface area contributed by atoms with Gasteiger partial charge in [0.05, 0.1) is 24.5 Å². The molecule has 0 radical (unpaired) electrons. The molecule has 2 aromatic carbocycles. The molecule has 3 aromatic rings. The number of nitrogens with one attached hydrogen (secondary N) is 1. The largest absolute Gasteiger partial charge is 0.326 e. The van der Waals surface area contributed by atoms with Crippen molar-refractivity contribution in [2.45, 2.75) is 11.3 Å². The summed E-state index contributed by atoms with van der Waals surface area (Å²) in [4.78, 5) is 12.1. The Morgan fingerprint density at radius 1 is 1.29 bits per heavy atom. The van der Waals surface area contributed by atoms with Gasteiger partial charge in [-0.1, -0.05) is 36.9 Å². The lowest BCUT2D eigenvalue weighted by Crippen LogP contribution is -2.18. The highest BCUT2D eigenvalue weighted by atomic mass is 32.2. The summed E-state index contributed by atoms with van der Waals surface area (Å²) in [7, 11) is -4.15. The molecule has 9 heteroatoms. The second kappa shape index (κ2) is 7.75. The van der Waals surface area contributed by atoms with Gasteiger partial charge >= 0.3 is 0 Å². The Labute approximate surface area is 161 Å². The van der Waals surface area contributed by atoms with E-state index in [9.17, 15) is 17.6 Å². The molecule has 0 unspecified atom stereocenters. The summed E-state index contributed by atoms with van der Waals surface area (Å²) in [5.74, 6) is -0.966. The molecule has 0 aliphatic rings. The molecule has 3 N–H and O–H groups in total. The van der Waals surface area contributed by atoms with E-state index in [4.69, 9.17) is 5.14 Å². The van der Waals surface area contributed by atoms with Gasteiger partial charge in [-0.2, -0.15) is 5.10 Å². The minimum absolute atomic E-state index is 0.0707. The van der Waals surface area contributed by atoms with Crippen LogP contribution in [-0.2, 0) is 21.2 Å². The molecule has 0 saturated heterocycles. The third-order valence-electron chi connectivity index (χ3n) is 3.97. The normalized spacial score (nSPS) is 11.2. The number of hydrogen-bond donors (Lipinski definition) is 2. The van der Waals surface area contributed by atoms with Crippen molar-refractivity contribution in [2.75, 3.05) is 5.32 Å². The minimum atomic E-state index is -4.15. The molecule has 0 spiro atoms. The van der Waals surface area contributed by atoms with Crippen LogP contribution in [0, 0.1) is 5.82 Å². The zero-order valence-corrected chi connectivity index (χ0v) is 15.5. The monoisotopic (exact) mass is 400 g/mol. The SMILES string of the molecule is C=Cc1ccccc1CC(=O)Nc1ccc(-n2cc(F)cn2)c(S(N)(=O)=O)c1. The number of carbonyl (C=O) groups is 1. The molecule has 0 atom stereocenters. The van der Waals surface area contributed by atoms with Gasteiger partial charge in [0.2, 0.25) is 15.9 Å². The molecule has 0 saturated carbocycles. The topological polar surface area (TPSA) is 107 Å². The number of hydrogen-bond acceptors (Lipinski definition) is 4. The van der Waals surface area contributed by atoms with E-state index in [0.29, 0.717) is 0 Å². The number of anilines is 1. The Hall–Kier alpha value is -3.30. The van der Waals surface area contributed by atoms with Crippen molar-refractivity contribution in [3.8, 4) is 5.69 Å². The van der Waals surface area contributed by atoms with Crippen LogP contribution >= 0.6 is 0 Å². The molecule has 144 valence electrons. The summed E-state index contributed by atoms with van der Waals surface area (Å²) < 4.78 is 38.2. The van der Waals surface area contributed by atoms with E-state index in [2.05, 4.69) is 17.0 Å². The first-order chi connectivity index (χ1) is 13.3. The fourth-order valence-electron chi connectivity index (χ4n) is 2.71. The first-order valence-electron chi connectivity index (χ1n) is 8.15. The third kappa shape index (κ3) is 4.33. The molecular weight excluding hydrogens is 383 g/mol. The van der Waals surface area contributed by atoms with Crippen molar-refractivity contribution < 1.29 is 17.6 Å². The van der Waals surface area contributed by atoms with Crippen LogP contribution in [0.1, 0.15) is 11.1 Å². The number of nitrogens with two attached hydrogens (primary N) is 1. The van der Waals surface area contributed by atoms with E-state index in [0.717, 1.165) is 28.2 Å². The molecule has 0 fully saturated rings. The van der Waals surface area contributed by atoms with Crippen molar-refractivity contribution in [1.29, 1.82) is 0 Å². The summed E-state index contributed by atoms with van der Waals surface area (Å²) in [5.41, 5.74) is 1.92. The maximum absolute atomic E-state index is 13.2. The van der Waals surface area contributed by atoms with Crippen LogP contribution in [0.25, 0.3) is 11.8 Å². The van der Waals surface area contributed by atoms with Gasteiger partial charge in [-0.25, -0.2) is 22.6 Å². The number of sulfonamides is 1. The number of carbonyl (C=O) groups excluding carboxylic acids is 1. The highest BCUT2D eigenvalue weighted by Gasteiger charge is 2.18. The maximum atomic E-state index is 13.2. The molecule has 0 bridgehead atoms. The molecule has 3 rings (SSSR count). The molecule has 0 aliphatic carbocycles.